The Hall–Kier alpha value is -3.05. The number of amides is 1. The van der Waals surface area contributed by atoms with Crippen LogP contribution in [-0.2, 0) is 11.2 Å². The van der Waals surface area contributed by atoms with Crippen LogP contribution in [0.5, 0.6) is 11.5 Å². The molecule has 0 saturated carbocycles. The quantitative estimate of drug-likeness (QED) is 0.693. The van der Waals surface area contributed by atoms with E-state index in [1.54, 1.807) is 30.6 Å². The molecule has 0 spiro atoms. The second-order valence-electron chi connectivity index (χ2n) is 6.51. The first-order chi connectivity index (χ1) is 13.7. The molecule has 0 radical (unpaired) electrons. The normalized spacial score (nSPS) is 13.6. The fraction of sp³-hybridized carbons (Fsp3) is 0.182. The third-order valence-corrected chi connectivity index (χ3v) is 4.84. The van der Waals surface area contributed by atoms with Crippen molar-refractivity contribution in [1.82, 2.24) is 4.98 Å². The molecule has 4 rings (SSSR count). The minimum absolute atomic E-state index is 0.101. The van der Waals surface area contributed by atoms with E-state index < -0.39 is 0 Å². The van der Waals surface area contributed by atoms with Gasteiger partial charge in [0.15, 0.2) is 11.5 Å². The van der Waals surface area contributed by atoms with Crippen LogP contribution in [0.15, 0.2) is 67.0 Å². The zero-order chi connectivity index (χ0) is 19.3. The average molecular weight is 395 g/mol. The summed E-state index contributed by atoms with van der Waals surface area (Å²) in [5, 5.41) is 3.64. The van der Waals surface area contributed by atoms with Gasteiger partial charge in [0.2, 0.25) is 5.91 Å². The van der Waals surface area contributed by atoms with Crippen molar-refractivity contribution in [3.8, 4) is 11.5 Å². The maximum absolute atomic E-state index is 13.1. The van der Waals surface area contributed by atoms with Crippen LogP contribution in [0.2, 0.25) is 5.02 Å². The molecule has 6 heteroatoms. The van der Waals surface area contributed by atoms with Crippen molar-refractivity contribution in [2.45, 2.75) is 12.3 Å². The molecule has 142 valence electrons. The van der Waals surface area contributed by atoms with Crippen LogP contribution < -0.4 is 14.8 Å². The van der Waals surface area contributed by atoms with E-state index in [1.807, 2.05) is 36.4 Å². The summed E-state index contributed by atoms with van der Waals surface area (Å²) in [6, 6.07) is 16.6. The van der Waals surface area contributed by atoms with Crippen LogP contribution in [0.4, 0.5) is 5.69 Å². The number of rotatable bonds is 5. The number of hydrogen-bond acceptors (Lipinski definition) is 4. The largest absolute Gasteiger partial charge is 0.486 e. The number of benzene rings is 2. The molecule has 0 fully saturated rings. The predicted molar refractivity (Wildman–Crippen MR) is 108 cm³/mol. The van der Waals surface area contributed by atoms with Gasteiger partial charge in [-0.3, -0.25) is 9.78 Å². The standard InChI is InChI=1S/C22H19ClN2O3/c23-17-3-1-16(2-4-17)19(13-15-7-9-24-10-8-15)22(26)25-18-5-6-20-21(14-18)28-12-11-27-20/h1-10,14,19H,11-13H2,(H,25,26). The van der Waals surface area contributed by atoms with Gasteiger partial charge in [0.1, 0.15) is 13.2 Å². The molecule has 1 aliphatic rings. The summed E-state index contributed by atoms with van der Waals surface area (Å²) in [5.74, 6) is 0.861. The van der Waals surface area contributed by atoms with Gasteiger partial charge in [-0.05, 0) is 53.9 Å². The number of halogens is 1. The van der Waals surface area contributed by atoms with Crippen LogP contribution in [0, 0.1) is 0 Å². The zero-order valence-corrected chi connectivity index (χ0v) is 15.9. The molecule has 1 N–H and O–H groups in total. The van der Waals surface area contributed by atoms with E-state index in [0.717, 1.165) is 11.1 Å². The highest BCUT2D eigenvalue weighted by Crippen LogP contribution is 2.33. The van der Waals surface area contributed by atoms with Gasteiger partial charge in [-0.15, -0.1) is 0 Å². The number of carbonyl (C=O) groups is 1. The highest BCUT2D eigenvalue weighted by Gasteiger charge is 2.22. The summed E-state index contributed by atoms with van der Waals surface area (Å²) in [4.78, 5) is 17.2. The number of nitrogens with one attached hydrogen (secondary N) is 1. The Kier molecular flexibility index (Phi) is 5.44. The summed E-state index contributed by atoms with van der Waals surface area (Å²) >= 11 is 6.02. The molecular weight excluding hydrogens is 376 g/mol. The van der Waals surface area contributed by atoms with Crippen molar-refractivity contribution in [3.05, 3.63) is 83.1 Å². The number of carbonyl (C=O) groups excluding carboxylic acids is 1. The molecular formula is C22H19ClN2O3. The third-order valence-electron chi connectivity index (χ3n) is 4.59. The molecule has 0 bridgehead atoms. The number of hydrogen-bond donors (Lipinski definition) is 1. The maximum atomic E-state index is 13.1. The highest BCUT2D eigenvalue weighted by molar-refractivity contribution is 6.30. The number of nitrogens with zero attached hydrogens (tertiary/aromatic N) is 1. The zero-order valence-electron chi connectivity index (χ0n) is 15.1. The molecule has 0 aliphatic carbocycles. The molecule has 1 aliphatic heterocycles. The molecule has 2 aromatic carbocycles. The maximum Gasteiger partial charge on any atom is 0.232 e. The molecule has 28 heavy (non-hydrogen) atoms. The van der Waals surface area contributed by atoms with Gasteiger partial charge < -0.3 is 14.8 Å². The van der Waals surface area contributed by atoms with Crippen molar-refractivity contribution in [2.75, 3.05) is 18.5 Å². The molecule has 3 aromatic rings. The number of ether oxygens (including phenoxy) is 2. The molecule has 1 amide bonds. The second-order valence-corrected chi connectivity index (χ2v) is 6.95. The van der Waals surface area contributed by atoms with Gasteiger partial charge in [-0.25, -0.2) is 0 Å². The summed E-state index contributed by atoms with van der Waals surface area (Å²) in [6.07, 6.45) is 4.01. The van der Waals surface area contributed by atoms with Crippen molar-refractivity contribution in [1.29, 1.82) is 0 Å². The number of anilines is 1. The van der Waals surface area contributed by atoms with Crippen molar-refractivity contribution < 1.29 is 14.3 Å². The van der Waals surface area contributed by atoms with Gasteiger partial charge >= 0.3 is 0 Å². The fourth-order valence-corrected chi connectivity index (χ4v) is 3.29. The monoisotopic (exact) mass is 394 g/mol. The van der Waals surface area contributed by atoms with Crippen LogP contribution in [-0.4, -0.2) is 24.1 Å². The minimum atomic E-state index is -0.368. The van der Waals surface area contributed by atoms with E-state index in [9.17, 15) is 4.79 Å². The average Bonchev–Trinajstić information content (AvgIpc) is 2.73. The number of pyridine rings is 1. The van der Waals surface area contributed by atoms with Gasteiger partial charge in [0, 0.05) is 29.2 Å². The Bertz CT molecular complexity index is 961. The first kappa shape index (κ1) is 18.3. The first-order valence-electron chi connectivity index (χ1n) is 9.04. The van der Waals surface area contributed by atoms with E-state index in [2.05, 4.69) is 10.3 Å². The first-order valence-corrected chi connectivity index (χ1v) is 9.42. The van der Waals surface area contributed by atoms with Crippen LogP contribution in [0.1, 0.15) is 17.0 Å². The second kappa shape index (κ2) is 8.31. The van der Waals surface area contributed by atoms with E-state index in [0.29, 0.717) is 41.8 Å². The summed E-state index contributed by atoms with van der Waals surface area (Å²) in [5.41, 5.74) is 2.60. The van der Waals surface area contributed by atoms with Crippen molar-refractivity contribution >= 4 is 23.2 Å². The predicted octanol–water partition coefficient (Wildman–Crippen LogP) is 4.47. The third kappa shape index (κ3) is 4.26. The Balaban J connectivity index is 1.58. The summed E-state index contributed by atoms with van der Waals surface area (Å²) in [7, 11) is 0. The van der Waals surface area contributed by atoms with Gasteiger partial charge in [0.25, 0.3) is 0 Å². The summed E-state index contributed by atoms with van der Waals surface area (Å²) in [6.45, 7) is 1.03. The summed E-state index contributed by atoms with van der Waals surface area (Å²) < 4.78 is 11.1. The van der Waals surface area contributed by atoms with E-state index in [4.69, 9.17) is 21.1 Å². The number of fused-ring (bicyclic) bond motifs is 1. The van der Waals surface area contributed by atoms with Crippen LogP contribution in [0.25, 0.3) is 0 Å². The van der Waals surface area contributed by atoms with Crippen LogP contribution in [0.3, 0.4) is 0 Å². The molecule has 1 unspecified atom stereocenters. The Morgan fingerprint density at radius 3 is 2.46 bits per heavy atom. The molecule has 2 heterocycles. The topological polar surface area (TPSA) is 60.5 Å². The molecule has 1 aromatic heterocycles. The lowest BCUT2D eigenvalue weighted by atomic mass is 9.91. The van der Waals surface area contributed by atoms with Gasteiger partial charge in [-0.1, -0.05) is 23.7 Å². The lowest BCUT2D eigenvalue weighted by molar-refractivity contribution is -0.117. The SMILES string of the molecule is O=C(Nc1ccc2c(c1)OCCO2)C(Cc1ccncc1)c1ccc(Cl)cc1. The minimum Gasteiger partial charge on any atom is -0.486 e. The smallest absolute Gasteiger partial charge is 0.232 e. The van der Waals surface area contributed by atoms with Gasteiger partial charge in [0.05, 0.1) is 5.92 Å². The van der Waals surface area contributed by atoms with E-state index >= 15 is 0 Å². The van der Waals surface area contributed by atoms with Crippen LogP contribution >= 0.6 is 11.6 Å². The molecule has 0 saturated heterocycles. The molecule has 5 nitrogen and oxygen atoms in total. The Labute approximate surface area is 168 Å². The van der Waals surface area contributed by atoms with Crippen molar-refractivity contribution in [2.24, 2.45) is 0 Å². The highest BCUT2D eigenvalue weighted by atomic mass is 35.5. The molecule has 1 atom stereocenters. The lowest BCUT2D eigenvalue weighted by Gasteiger charge is -2.21. The fourth-order valence-electron chi connectivity index (χ4n) is 3.16. The number of aromatic nitrogens is 1. The Morgan fingerprint density at radius 1 is 1.00 bits per heavy atom. The Morgan fingerprint density at radius 2 is 1.71 bits per heavy atom. The van der Waals surface area contributed by atoms with Gasteiger partial charge in [-0.2, -0.15) is 0 Å². The van der Waals surface area contributed by atoms with E-state index in [-0.39, 0.29) is 11.8 Å². The van der Waals surface area contributed by atoms with E-state index in [1.165, 1.54) is 0 Å². The van der Waals surface area contributed by atoms with Crippen molar-refractivity contribution in [3.63, 3.8) is 0 Å². The lowest BCUT2D eigenvalue weighted by Crippen LogP contribution is -2.23.